The Labute approximate surface area is 80.9 Å². The van der Waals surface area contributed by atoms with Gasteiger partial charge in [0.2, 0.25) is 0 Å². The number of hydrogen-bond acceptors (Lipinski definition) is 2. The number of aliphatic hydroxyl groups is 1. The van der Waals surface area contributed by atoms with Gasteiger partial charge < -0.3 is 10.0 Å². The molecule has 1 aliphatic carbocycles. The molecule has 0 spiro atoms. The molecule has 1 aliphatic heterocycles. The second kappa shape index (κ2) is 3.97. The van der Waals surface area contributed by atoms with E-state index in [1.807, 2.05) is 6.92 Å². The zero-order chi connectivity index (χ0) is 9.26. The van der Waals surface area contributed by atoms with E-state index in [2.05, 4.69) is 4.90 Å². The lowest BCUT2D eigenvalue weighted by Crippen LogP contribution is -2.47. The van der Waals surface area contributed by atoms with Gasteiger partial charge in [-0.1, -0.05) is 6.42 Å². The average molecular weight is 183 g/mol. The van der Waals surface area contributed by atoms with Crippen LogP contribution in [0.25, 0.3) is 0 Å². The van der Waals surface area contributed by atoms with Gasteiger partial charge in [0.15, 0.2) is 0 Å². The van der Waals surface area contributed by atoms with Crippen molar-refractivity contribution in [1.82, 2.24) is 4.90 Å². The molecule has 0 radical (unpaired) electrons. The first kappa shape index (κ1) is 9.47. The van der Waals surface area contributed by atoms with Crippen LogP contribution in [-0.2, 0) is 0 Å². The molecule has 0 amide bonds. The summed E-state index contributed by atoms with van der Waals surface area (Å²) >= 11 is 0. The Morgan fingerprint density at radius 2 is 2.00 bits per heavy atom. The Morgan fingerprint density at radius 3 is 2.54 bits per heavy atom. The third kappa shape index (κ3) is 2.05. The molecule has 0 aromatic rings. The Kier molecular flexibility index (Phi) is 2.89. The van der Waals surface area contributed by atoms with Crippen molar-refractivity contribution < 1.29 is 5.11 Å². The van der Waals surface area contributed by atoms with Gasteiger partial charge in [0.05, 0.1) is 6.10 Å². The Morgan fingerprint density at radius 1 is 1.23 bits per heavy atom. The number of piperidine rings is 1. The predicted octanol–water partition coefficient (Wildman–Crippen LogP) is 1.63. The Balaban J connectivity index is 1.84. The zero-order valence-electron chi connectivity index (χ0n) is 8.58. The molecule has 0 bridgehead atoms. The van der Waals surface area contributed by atoms with Crippen LogP contribution in [0.5, 0.6) is 0 Å². The minimum atomic E-state index is -0.108. The van der Waals surface area contributed by atoms with Crippen LogP contribution in [0.2, 0.25) is 0 Å². The van der Waals surface area contributed by atoms with Crippen LogP contribution in [0, 0.1) is 5.92 Å². The molecule has 76 valence electrons. The molecule has 0 aromatic carbocycles. The van der Waals surface area contributed by atoms with Crippen molar-refractivity contribution in [1.29, 1.82) is 0 Å². The molecular formula is C11H21NO. The van der Waals surface area contributed by atoms with Crippen molar-refractivity contribution in [2.24, 2.45) is 5.92 Å². The van der Waals surface area contributed by atoms with E-state index in [1.54, 1.807) is 0 Å². The average Bonchev–Trinajstić information content (AvgIpc) is 2.01. The van der Waals surface area contributed by atoms with Gasteiger partial charge in [0.25, 0.3) is 0 Å². The maximum absolute atomic E-state index is 9.54. The lowest BCUT2D eigenvalue weighted by molar-refractivity contribution is 0.0246. The van der Waals surface area contributed by atoms with Gasteiger partial charge in [0.1, 0.15) is 0 Å². The highest BCUT2D eigenvalue weighted by Gasteiger charge is 2.30. The summed E-state index contributed by atoms with van der Waals surface area (Å²) in [5.41, 5.74) is 0. The monoisotopic (exact) mass is 183 g/mol. The Bertz CT molecular complexity index is 165. The van der Waals surface area contributed by atoms with Crippen LogP contribution in [-0.4, -0.2) is 35.2 Å². The highest BCUT2D eigenvalue weighted by molar-refractivity contribution is 4.85. The predicted molar refractivity (Wildman–Crippen MR) is 53.6 cm³/mol. The van der Waals surface area contributed by atoms with E-state index in [-0.39, 0.29) is 6.10 Å². The number of nitrogens with zero attached hydrogens (tertiary/aromatic N) is 1. The summed E-state index contributed by atoms with van der Waals surface area (Å²) in [4.78, 5) is 2.60. The van der Waals surface area contributed by atoms with Crippen LogP contribution in [0.1, 0.15) is 39.0 Å². The van der Waals surface area contributed by atoms with E-state index in [4.69, 9.17) is 0 Å². The largest absolute Gasteiger partial charge is 0.393 e. The summed E-state index contributed by atoms with van der Waals surface area (Å²) in [5.74, 6) is 0.536. The third-order valence-electron chi connectivity index (χ3n) is 3.76. The number of hydrogen-bond donors (Lipinski definition) is 1. The maximum atomic E-state index is 9.54. The normalized spacial score (nSPS) is 34.2. The molecule has 2 heteroatoms. The summed E-state index contributed by atoms with van der Waals surface area (Å²) in [7, 11) is 0. The number of likely N-dealkylation sites (tertiary alicyclic amines) is 1. The molecule has 1 N–H and O–H groups in total. The molecule has 13 heavy (non-hydrogen) atoms. The van der Waals surface area contributed by atoms with E-state index in [0.29, 0.717) is 5.92 Å². The quantitative estimate of drug-likeness (QED) is 0.703. The summed E-state index contributed by atoms with van der Waals surface area (Å²) in [5, 5.41) is 9.54. The van der Waals surface area contributed by atoms with Crippen LogP contribution < -0.4 is 0 Å². The van der Waals surface area contributed by atoms with E-state index >= 15 is 0 Å². The van der Waals surface area contributed by atoms with Gasteiger partial charge in [-0.3, -0.25) is 0 Å². The highest BCUT2D eigenvalue weighted by atomic mass is 16.3. The molecule has 1 heterocycles. The number of aliphatic hydroxyl groups excluding tert-OH is 1. The minimum absolute atomic E-state index is 0.108. The van der Waals surface area contributed by atoms with Crippen LogP contribution in [0.4, 0.5) is 0 Å². The lowest BCUT2D eigenvalue weighted by atomic mass is 9.86. The molecule has 2 unspecified atom stereocenters. The summed E-state index contributed by atoms with van der Waals surface area (Å²) in [6.45, 7) is 4.35. The van der Waals surface area contributed by atoms with Crippen molar-refractivity contribution in [3.8, 4) is 0 Å². The van der Waals surface area contributed by atoms with Crippen LogP contribution in [0.15, 0.2) is 0 Å². The zero-order valence-corrected chi connectivity index (χ0v) is 8.58. The molecular weight excluding hydrogens is 162 g/mol. The third-order valence-corrected chi connectivity index (χ3v) is 3.76. The van der Waals surface area contributed by atoms with E-state index in [1.165, 1.54) is 38.6 Å². The van der Waals surface area contributed by atoms with Crippen molar-refractivity contribution in [2.45, 2.75) is 51.2 Å². The van der Waals surface area contributed by atoms with Gasteiger partial charge >= 0.3 is 0 Å². The summed E-state index contributed by atoms with van der Waals surface area (Å²) in [6.07, 6.45) is 6.61. The first-order chi connectivity index (χ1) is 6.27. The minimum Gasteiger partial charge on any atom is -0.393 e. The standard InChI is InChI=1S/C11H21NO/c1-9(13)10-4-3-7-12(8-10)11-5-2-6-11/h9-11,13H,2-8H2,1H3. The van der Waals surface area contributed by atoms with E-state index in [9.17, 15) is 5.11 Å². The molecule has 2 rings (SSSR count). The summed E-state index contributed by atoms with van der Waals surface area (Å²) < 4.78 is 0. The fourth-order valence-corrected chi connectivity index (χ4v) is 2.52. The van der Waals surface area contributed by atoms with Crippen molar-refractivity contribution in [3.63, 3.8) is 0 Å². The number of rotatable bonds is 2. The maximum Gasteiger partial charge on any atom is 0.0552 e. The lowest BCUT2D eigenvalue weighted by Gasteiger charge is -2.43. The van der Waals surface area contributed by atoms with Crippen molar-refractivity contribution >= 4 is 0 Å². The molecule has 2 aliphatic rings. The summed E-state index contributed by atoms with van der Waals surface area (Å²) in [6, 6.07) is 0.863. The van der Waals surface area contributed by atoms with Crippen molar-refractivity contribution in [3.05, 3.63) is 0 Å². The molecule has 1 saturated carbocycles. The smallest absolute Gasteiger partial charge is 0.0552 e. The van der Waals surface area contributed by atoms with E-state index < -0.39 is 0 Å². The fraction of sp³-hybridized carbons (Fsp3) is 1.00. The molecule has 0 aromatic heterocycles. The van der Waals surface area contributed by atoms with Gasteiger partial charge in [-0.05, 0) is 45.1 Å². The van der Waals surface area contributed by atoms with Gasteiger partial charge in [-0.15, -0.1) is 0 Å². The first-order valence-electron chi connectivity index (χ1n) is 5.69. The molecule has 2 atom stereocenters. The van der Waals surface area contributed by atoms with Crippen LogP contribution >= 0.6 is 0 Å². The van der Waals surface area contributed by atoms with Gasteiger partial charge in [0, 0.05) is 12.6 Å². The fourth-order valence-electron chi connectivity index (χ4n) is 2.52. The van der Waals surface area contributed by atoms with Gasteiger partial charge in [-0.25, -0.2) is 0 Å². The second-order valence-corrected chi connectivity index (χ2v) is 4.72. The molecule has 2 nitrogen and oxygen atoms in total. The molecule has 1 saturated heterocycles. The molecule has 2 fully saturated rings. The second-order valence-electron chi connectivity index (χ2n) is 4.72. The van der Waals surface area contributed by atoms with Gasteiger partial charge in [-0.2, -0.15) is 0 Å². The van der Waals surface area contributed by atoms with E-state index in [0.717, 1.165) is 12.6 Å². The van der Waals surface area contributed by atoms with Crippen LogP contribution in [0.3, 0.4) is 0 Å². The SMILES string of the molecule is CC(O)C1CCCN(C2CCC2)C1. The first-order valence-corrected chi connectivity index (χ1v) is 5.69. The van der Waals surface area contributed by atoms with Crippen molar-refractivity contribution in [2.75, 3.05) is 13.1 Å². The Hall–Kier alpha value is -0.0800. The highest BCUT2D eigenvalue weighted by Crippen LogP contribution is 2.29. The topological polar surface area (TPSA) is 23.5 Å².